The third-order valence-corrected chi connectivity index (χ3v) is 4.80. The number of nitrogens with one attached hydrogen (secondary N) is 1. The van der Waals surface area contributed by atoms with E-state index >= 15 is 0 Å². The Morgan fingerprint density at radius 2 is 2.09 bits per heavy atom. The lowest BCUT2D eigenvalue weighted by Gasteiger charge is -2.34. The number of benzene rings is 1. The van der Waals surface area contributed by atoms with Crippen LogP contribution in [-0.2, 0) is 9.53 Å². The largest absolute Gasteiger partial charge is 0.507 e. The van der Waals surface area contributed by atoms with Crippen molar-refractivity contribution in [3.63, 3.8) is 0 Å². The highest BCUT2D eigenvalue weighted by Gasteiger charge is 2.28. The first-order valence-corrected chi connectivity index (χ1v) is 8.21. The van der Waals surface area contributed by atoms with E-state index in [9.17, 15) is 14.7 Å². The fourth-order valence-electron chi connectivity index (χ4n) is 2.91. The van der Waals surface area contributed by atoms with Gasteiger partial charge in [0.1, 0.15) is 11.3 Å². The number of carbonyl (C=O) groups is 2. The molecule has 0 aliphatic heterocycles. The van der Waals surface area contributed by atoms with Crippen LogP contribution in [0.1, 0.15) is 43.5 Å². The molecule has 1 aliphatic carbocycles. The normalized spacial score (nSPS) is 24.0. The molecule has 0 aromatic heterocycles. The fourth-order valence-corrected chi connectivity index (χ4v) is 3.09. The van der Waals surface area contributed by atoms with E-state index in [1.165, 1.54) is 24.6 Å². The van der Waals surface area contributed by atoms with Gasteiger partial charge in [-0.2, -0.15) is 0 Å². The molecule has 1 saturated carbocycles. The smallest absolute Gasteiger partial charge is 0.342 e. The molecule has 1 aromatic carbocycles. The molecule has 0 radical (unpaired) electrons. The maximum atomic E-state index is 12.0. The van der Waals surface area contributed by atoms with Crippen molar-refractivity contribution >= 4 is 23.5 Å². The quantitative estimate of drug-likeness (QED) is 0.826. The van der Waals surface area contributed by atoms with Crippen LogP contribution < -0.4 is 5.32 Å². The average molecular weight is 340 g/mol. The molecule has 0 spiro atoms. The van der Waals surface area contributed by atoms with Crippen LogP contribution in [0.2, 0.25) is 5.02 Å². The van der Waals surface area contributed by atoms with Crippen molar-refractivity contribution in [1.82, 2.24) is 5.32 Å². The maximum absolute atomic E-state index is 12.0. The summed E-state index contributed by atoms with van der Waals surface area (Å²) in [6.07, 6.45) is 3.21. The standard InChI is InChI=1S/C17H22ClNO4/c1-10-4-3-5-14(11(10)2)19-16(21)9-23-17(22)13-8-12(18)6-7-15(13)20/h6-8,10-11,14,20H,3-5,9H2,1-2H3,(H,19,21)/t10-,11-,14+/m1/s1. The van der Waals surface area contributed by atoms with E-state index in [1.54, 1.807) is 0 Å². The molecular formula is C17H22ClNO4. The number of halogens is 1. The molecule has 0 heterocycles. The first kappa shape index (κ1) is 17.6. The molecule has 1 aliphatic rings. The van der Waals surface area contributed by atoms with E-state index in [-0.39, 0.29) is 29.9 Å². The van der Waals surface area contributed by atoms with Gasteiger partial charge in [-0.3, -0.25) is 4.79 Å². The Balaban J connectivity index is 1.86. The van der Waals surface area contributed by atoms with Crippen LogP contribution in [-0.4, -0.2) is 29.6 Å². The summed E-state index contributed by atoms with van der Waals surface area (Å²) in [6.45, 7) is 3.94. The summed E-state index contributed by atoms with van der Waals surface area (Å²) in [5.74, 6) is -0.356. The van der Waals surface area contributed by atoms with Crippen molar-refractivity contribution in [2.24, 2.45) is 11.8 Å². The van der Waals surface area contributed by atoms with Crippen molar-refractivity contribution in [3.05, 3.63) is 28.8 Å². The number of amides is 1. The third kappa shape index (κ3) is 4.61. The number of ether oxygens (including phenoxy) is 1. The van der Waals surface area contributed by atoms with Crippen LogP contribution in [0.4, 0.5) is 0 Å². The number of aromatic hydroxyl groups is 1. The summed E-state index contributed by atoms with van der Waals surface area (Å²) >= 11 is 5.78. The summed E-state index contributed by atoms with van der Waals surface area (Å²) in [6, 6.07) is 4.20. The fraction of sp³-hybridized carbons (Fsp3) is 0.529. The Morgan fingerprint density at radius 3 is 2.83 bits per heavy atom. The van der Waals surface area contributed by atoms with Crippen LogP contribution >= 0.6 is 11.6 Å². The lowest BCUT2D eigenvalue weighted by atomic mass is 9.78. The highest BCUT2D eigenvalue weighted by Crippen LogP contribution is 2.29. The zero-order valence-corrected chi connectivity index (χ0v) is 14.1. The van der Waals surface area contributed by atoms with E-state index in [0.29, 0.717) is 16.9 Å². The molecule has 2 N–H and O–H groups in total. The molecule has 0 saturated heterocycles. The predicted molar refractivity (Wildman–Crippen MR) is 87.5 cm³/mol. The monoisotopic (exact) mass is 339 g/mol. The molecule has 3 atom stereocenters. The molecular weight excluding hydrogens is 318 g/mol. The van der Waals surface area contributed by atoms with Crippen LogP contribution in [0, 0.1) is 11.8 Å². The minimum Gasteiger partial charge on any atom is -0.507 e. The van der Waals surface area contributed by atoms with Gasteiger partial charge in [0.25, 0.3) is 5.91 Å². The maximum Gasteiger partial charge on any atom is 0.342 e. The summed E-state index contributed by atoms with van der Waals surface area (Å²) < 4.78 is 4.96. The SMILES string of the molecule is C[C@@H]1[C@H](C)CCC[C@@H]1NC(=O)COC(=O)c1cc(Cl)ccc1O. The molecule has 1 fully saturated rings. The molecule has 0 unspecified atom stereocenters. The molecule has 126 valence electrons. The summed E-state index contributed by atoms with van der Waals surface area (Å²) in [5.41, 5.74) is -0.0510. The van der Waals surface area contributed by atoms with E-state index in [4.69, 9.17) is 16.3 Å². The third-order valence-electron chi connectivity index (χ3n) is 4.57. The lowest BCUT2D eigenvalue weighted by molar-refractivity contribution is -0.125. The van der Waals surface area contributed by atoms with Crippen LogP contribution in [0.3, 0.4) is 0 Å². The number of carbonyl (C=O) groups excluding carboxylic acids is 2. The topological polar surface area (TPSA) is 75.6 Å². The summed E-state index contributed by atoms with van der Waals surface area (Å²) in [7, 11) is 0. The van der Waals surface area contributed by atoms with Gasteiger partial charge in [0.15, 0.2) is 6.61 Å². The van der Waals surface area contributed by atoms with Crippen molar-refractivity contribution in [1.29, 1.82) is 0 Å². The number of rotatable bonds is 4. The van der Waals surface area contributed by atoms with Crippen molar-refractivity contribution in [3.8, 4) is 5.75 Å². The van der Waals surface area contributed by atoms with Crippen LogP contribution in [0.5, 0.6) is 5.75 Å². The van der Waals surface area contributed by atoms with Gasteiger partial charge in [0, 0.05) is 11.1 Å². The molecule has 2 rings (SSSR count). The Hall–Kier alpha value is -1.75. The molecule has 5 nitrogen and oxygen atoms in total. The zero-order chi connectivity index (χ0) is 17.0. The van der Waals surface area contributed by atoms with Gasteiger partial charge in [-0.15, -0.1) is 0 Å². The molecule has 23 heavy (non-hydrogen) atoms. The van der Waals surface area contributed by atoms with E-state index in [2.05, 4.69) is 19.2 Å². The number of hydrogen-bond donors (Lipinski definition) is 2. The van der Waals surface area contributed by atoms with Crippen molar-refractivity contribution < 1.29 is 19.4 Å². The Kier molecular flexibility index (Phi) is 5.88. The van der Waals surface area contributed by atoms with Gasteiger partial charge in [-0.1, -0.05) is 38.3 Å². The molecule has 1 amide bonds. The number of phenolic OH excluding ortho intramolecular Hbond substituents is 1. The first-order valence-electron chi connectivity index (χ1n) is 7.83. The number of phenols is 1. The van der Waals surface area contributed by atoms with Gasteiger partial charge < -0.3 is 15.2 Å². The number of esters is 1. The molecule has 6 heteroatoms. The van der Waals surface area contributed by atoms with Gasteiger partial charge in [0.05, 0.1) is 0 Å². The summed E-state index contributed by atoms with van der Waals surface area (Å²) in [4.78, 5) is 23.9. The van der Waals surface area contributed by atoms with Crippen LogP contribution in [0.15, 0.2) is 18.2 Å². The Bertz CT molecular complexity index is 590. The highest BCUT2D eigenvalue weighted by atomic mass is 35.5. The van der Waals surface area contributed by atoms with E-state index < -0.39 is 5.97 Å². The van der Waals surface area contributed by atoms with Gasteiger partial charge in [-0.25, -0.2) is 4.79 Å². The highest BCUT2D eigenvalue weighted by molar-refractivity contribution is 6.31. The second kappa shape index (κ2) is 7.68. The van der Waals surface area contributed by atoms with Crippen LogP contribution in [0.25, 0.3) is 0 Å². The second-order valence-electron chi connectivity index (χ2n) is 6.18. The second-order valence-corrected chi connectivity index (χ2v) is 6.62. The molecule has 1 aromatic rings. The zero-order valence-electron chi connectivity index (χ0n) is 13.3. The minimum atomic E-state index is -0.773. The van der Waals surface area contributed by atoms with E-state index in [0.717, 1.165) is 12.8 Å². The van der Waals surface area contributed by atoms with Crippen molar-refractivity contribution in [2.75, 3.05) is 6.61 Å². The molecule has 0 bridgehead atoms. The van der Waals surface area contributed by atoms with E-state index in [1.807, 2.05) is 0 Å². The Labute approximate surface area is 141 Å². The number of hydrogen-bond acceptors (Lipinski definition) is 4. The Morgan fingerprint density at radius 1 is 1.35 bits per heavy atom. The summed E-state index contributed by atoms with van der Waals surface area (Å²) in [5, 5.41) is 12.9. The van der Waals surface area contributed by atoms with Gasteiger partial charge in [-0.05, 0) is 36.5 Å². The average Bonchev–Trinajstić information content (AvgIpc) is 2.52. The van der Waals surface area contributed by atoms with Crippen molar-refractivity contribution in [2.45, 2.75) is 39.2 Å². The first-order chi connectivity index (χ1) is 10.9. The van der Waals surface area contributed by atoms with Gasteiger partial charge >= 0.3 is 5.97 Å². The predicted octanol–water partition coefficient (Wildman–Crippen LogP) is 3.14. The van der Waals surface area contributed by atoms with Gasteiger partial charge in [0.2, 0.25) is 0 Å². The minimum absolute atomic E-state index is 0.0510. The lowest BCUT2D eigenvalue weighted by Crippen LogP contribution is -2.45.